The number of hydrogen-bond acceptors (Lipinski definition) is 2. The molecule has 0 unspecified atom stereocenters. The molecule has 0 aliphatic heterocycles. The maximum Gasteiger partial charge on any atom is 0.417 e. The highest BCUT2D eigenvalue weighted by atomic mass is 35.5. The number of halogens is 4. The summed E-state index contributed by atoms with van der Waals surface area (Å²) in [5.41, 5.74) is -0.714. The third-order valence-corrected chi connectivity index (χ3v) is 3.63. The molecule has 0 saturated heterocycles. The number of anilines is 1. The third kappa shape index (κ3) is 3.53. The SMILES string of the molecule is FC(F)(F)c1ccc(N(CCCl)C2CCCC2)nc1. The summed E-state index contributed by atoms with van der Waals surface area (Å²) in [5, 5.41) is 0. The van der Waals surface area contributed by atoms with E-state index in [9.17, 15) is 13.2 Å². The molecule has 2 nitrogen and oxygen atoms in total. The second-order valence-corrected chi connectivity index (χ2v) is 5.10. The van der Waals surface area contributed by atoms with Crippen LogP contribution in [0.25, 0.3) is 0 Å². The van der Waals surface area contributed by atoms with E-state index in [0.29, 0.717) is 24.3 Å². The fourth-order valence-electron chi connectivity index (χ4n) is 2.51. The Morgan fingerprint density at radius 2 is 1.95 bits per heavy atom. The molecule has 1 aromatic rings. The van der Waals surface area contributed by atoms with Crippen LogP contribution in [0.15, 0.2) is 18.3 Å². The van der Waals surface area contributed by atoms with Gasteiger partial charge in [-0.05, 0) is 25.0 Å². The van der Waals surface area contributed by atoms with Crippen LogP contribution in [0.2, 0.25) is 0 Å². The molecule has 0 aromatic carbocycles. The second-order valence-electron chi connectivity index (χ2n) is 4.72. The molecule has 1 heterocycles. The first-order chi connectivity index (χ1) is 9.02. The molecular formula is C13H16ClF3N2. The molecule has 2 rings (SSSR count). The highest BCUT2D eigenvalue weighted by Gasteiger charge is 2.31. The van der Waals surface area contributed by atoms with Gasteiger partial charge in [0.1, 0.15) is 5.82 Å². The predicted molar refractivity (Wildman–Crippen MR) is 69.6 cm³/mol. The van der Waals surface area contributed by atoms with E-state index in [1.807, 2.05) is 4.90 Å². The molecule has 1 fully saturated rings. The van der Waals surface area contributed by atoms with Gasteiger partial charge in [0.05, 0.1) is 5.56 Å². The minimum absolute atomic E-state index is 0.350. The van der Waals surface area contributed by atoms with Gasteiger partial charge in [-0.15, -0.1) is 11.6 Å². The summed E-state index contributed by atoms with van der Waals surface area (Å²) in [6.07, 6.45) is 0.981. The van der Waals surface area contributed by atoms with Gasteiger partial charge in [-0.25, -0.2) is 4.98 Å². The van der Waals surface area contributed by atoms with Crippen LogP contribution in [0.1, 0.15) is 31.2 Å². The van der Waals surface area contributed by atoms with E-state index in [1.54, 1.807) is 0 Å². The van der Waals surface area contributed by atoms with E-state index in [1.165, 1.54) is 6.07 Å². The molecule has 1 aromatic heterocycles. The molecule has 0 amide bonds. The maximum atomic E-state index is 12.5. The molecule has 6 heteroatoms. The van der Waals surface area contributed by atoms with Crippen molar-refractivity contribution < 1.29 is 13.2 Å². The molecule has 106 valence electrons. The Balaban J connectivity index is 2.17. The topological polar surface area (TPSA) is 16.1 Å². The zero-order valence-corrected chi connectivity index (χ0v) is 11.2. The summed E-state index contributed by atoms with van der Waals surface area (Å²) < 4.78 is 37.5. The second kappa shape index (κ2) is 5.99. The minimum atomic E-state index is -4.34. The largest absolute Gasteiger partial charge is 0.417 e. The average molecular weight is 293 g/mol. The summed E-state index contributed by atoms with van der Waals surface area (Å²) in [4.78, 5) is 5.98. The van der Waals surface area contributed by atoms with E-state index in [0.717, 1.165) is 37.9 Å². The summed E-state index contributed by atoms with van der Waals surface area (Å²) in [6.45, 7) is 0.616. The Morgan fingerprint density at radius 1 is 1.26 bits per heavy atom. The van der Waals surface area contributed by atoms with Crippen LogP contribution in [-0.2, 0) is 6.18 Å². The monoisotopic (exact) mass is 292 g/mol. The Bertz CT molecular complexity index is 399. The van der Waals surface area contributed by atoms with E-state index in [-0.39, 0.29) is 0 Å². The quantitative estimate of drug-likeness (QED) is 0.777. The van der Waals surface area contributed by atoms with E-state index in [2.05, 4.69) is 4.98 Å². The average Bonchev–Trinajstić information content (AvgIpc) is 2.89. The lowest BCUT2D eigenvalue weighted by molar-refractivity contribution is -0.137. The van der Waals surface area contributed by atoms with E-state index < -0.39 is 11.7 Å². The van der Waals surface area contributed by atoms with E-state index >= 15 is 0 Å². The van der Waals surface area contributed by atoms with Crippen molar-refractivity contribution in [1.82, 2.24) is 4.98 Å². The van der Waals surface area contributed by atoms with Crippen molar-refractivity contribution in [3.05, 3.63) is 23.9 Å². The normalized spacial score (nSPS) is 16.8. The van der Waals surface area contributed by atoms with Crippen molar-refractivity contribution in [2.24, 2.45) is 0 Å². The van der Waals surface area contributed by atoms with Crippen molar-refractivity contribution >= 4 is 17.4 Å². The molecule has 19 heavy (non-hydrogen) atoms. The lowest BCUT2D eigenvalue weighted by Crippen LogP contribution is -2.35. The number of aromatic nitrogens is 1. The van der Waals surface area contributed by atoms with Gasteiger partial charge in [-0.3, -0.25) is 0 Å². The van der Waals surface area contributed by atoms with Crippen LogP contribution >= 0.6 is 11.6 Å². The summed E-state index contributed by atoms with van der Waals surface area (Å²) >= 11 is 5.78. The summed E-state index contributed by atoms with van der Waals surface area (Å²) in [7, 11) is 0. The first-order valence-electron chi connectivity index (χ1n) is 6.38. The number of hydrogen-bond donors (Lipinski definition) is 0. The lowest BCUT2D eigenvalue weighted by atomic mass is 10.2. The Kier molecular flexibility index (Phi) is 4.55. The predicted octanol–water partition coefficient (Wildman–Crippen LogP) is 4.09. The van der Waals surface area contributed by atoms with Gasteiger partial charge in [0, 0.05) is 24.7 Å². The van der Waals surface area contributed by atoms with Gasteiger partial charge in [0.25, 0.3) is 0 Å². The molecule has 1 saturated carbocycles. The van der Waals surface area contributed by atoms with Crippen LogP contribution in [0.3, 0.4) is 0 Å². The summed E-state index contributed by atoms with van der Waals surface area (Å²) in [5.74, 6) is 1.03. The van der Waals surface area contributed by atoms with Crippen LogP contribution in [0, 0.1) is 0 Å². The molecule has 0 atom stereocenters. The van der Waals surface area contributed by atoms with Crippen LogP contribution in [0.4, 0.5) is 19.0 Å². The third-order valence-electron chi connectivity index (χ3n) is 3.46. The molecule has 0 bridgehead atoms. The van der Waals surface area contributed by atoms with Gasteiger partial charge in [-0.1, -0.05) is 12.8 Å². The van der Waals surface area contributed by atoms with E-state index in [4.69, 9.17) is 11.6 Å². The van der Waals surface area contributed by atoms with Crippen molar-refractivity contribution in [3.63, 3.8) is 0 Å². The number of rotatable bonds is 4. The molecule has 1 aliphatic carbocycles. The molecule has 1 aliphatic rings. The highest BCUT2D eigenvalue weighted by molar-refractivity contribution is 6.18. The van der Waals surface area contributed by atoms with Crippen LogP contribution in [-0.4, -0.2) is 23.5 Å². The first-order valence-corrected chi connectivity index (χ1v) is 6.91. The van der Waals surface area contributed by atoms with Gasteiger partial charge in [0.15, 0.2) is 0 Å². The van der Waals surface area contributed by atoms with Crippen molar-refractivity contribution in [2.75, 3.05) is 17.3 Å². The van der Waals surface area contributed by atoms with Crippen LogP contribution in [0.5, 0.6) is 0 Å². The standard InChI is InChI=1S/C13H16ClF3N2/c14-7-8-19(11-3-1-2-4-11)12-6-5-10(9-18-12)13(15,16)17/h5-6,9,11H,1-4,7-8H2. The minimum Gasteiger partial charge on any atom is -0.352 e. The zero-order valence-electron chi connectivity index (χ0n) is 10.5. The summed E-state index contributed by atoms with van der Waals surface area (Å²) in [6, 6.07) is 2.87. The Morgan fingerprint density at radius 3 is 2.42 bits per heavy atom. The molecule has 0 spiro atoms. The molecular weight excluding hydrogens is 277 g/mol. The molecule has 0 radical (unpaired) electrons. The molecule has 0 N–H and O–H groups in total. The fourth-order valence-corrected chi connectivity index (χ4v) is 2.70. The van der Waals surface area contributed by atoms with Gasteiger partial charge in [-0.2, -0.15) is 13.2 Å². The Hall–Kier alpha value is -0.970. The van der Waals surface area contributed by atoms with Crippen molar-refractivity contribution in [2.45, 2.75) is 37.9 Å². The zero-order chi connectivity index (χ0) is 13.9. The van der Waals surface area contributed by atoms with Crippen molar-refractivity contribution in [3.8, 4) is 0 Å². The number of alkyl halides is 4. The maximum absolute atomic E-state index is 12.5. The van der Waals surface area contributed by atoms with Crippen molar-refractivity contribution in [1.29, 1.82) is 0 Å². The van der Waals surface area contributed by atoms with Gasteiger partial charge < -0.3 is 4.90 Å². The number of nitrogens with zero attached hydrogens (tertiary/aromatic N) is 2. The van der Waals surface area contributed by atoms with Crippen LogP contribution < -0.4 is 4.90 Å². The lowest BCUT2D eigenvalue weighted by Gasteiger charge is -2.29. The smallest absolute Gasteiger partial charge is 0.352 e. The van der Waals surface area contributed by atoms with Gasteiger partial charge in [0.2, 0.25) is 0 Å². The first kappa shape index (κ1) is 14.4. The fraction of sp³-hybridized carbons (Fsp3) is 0.615. The number of pyridine rings is 1. The highest BCUT2D eigenvalue weighted by Crippen LogP contribution is 2.31. The Labute approximate surface area is 115 Å². The van der Waals surface area contributed by atoms with Gasteiger partial charge >= 0.3 is 6.18 Å².